The third-order valence-corrected chi connectivity index (χ3v) is 1.39. The molecule has 0 amide bonds. The molecule has 0 saturated carbocycles. The first-order valence-corrected chi connectivity index (χ1v) is 5.97. The van der Waals surface area contributed by atoms with Crippen LogP contribution in [0, 0.1) is 0 Å². The topological polar surface area (TPSA) is 112 Å². The van der Waals surface area contributed by atoms with Crippen LogP contribution in [0.2, 0.25) is 0 Å². The maximum atomic E-state index is 9.60. The molecule has 0 heterocycles. The highest BCUT2D eigenvalue weighted by Gasteiger charge is 1.88. The van der Waals surface area contributed by atoms with Crippen molar-refractivity contribution in [3.8, 4) is 0 Å². The molecule has 0 unspecified atom stereocenters. The monoisotopic (exact) mass is 264 g/mol. The van der Waals surface area contributed by atoms with Crippen molar-refractivity contribution in [2.24, 2.45) is 0 Å². The molecule has 6 nitrogen and oxygen atoms in total. The SMILES string of the molecule is CCCC(=O)O.CCCC(=O)O.CCCC(=O)O. The van der Waals surface area contributed by atoms with Gasteiger partial charge >= 0.3 is 17.9 Å². The molecule has 0 aromatic carbocycles. The summed E-state index contributed by atoms with van der Waals surface area (Å²) in [6.45, 7) is 5.52. The second-order valence-corrected chi connectivity index (χ2v) is 3.43. The number of hydrogen-bond acceptors (Lipinski definition) is 3. The second-order valence-electron chi connectivity index (χ2n) is 3.43. The fourth-order valence-electron chi connectivity index (χ4n) is 0.642. The lowest BCUT2D eigenvalue weighted by atomic mass is 10.4. The van der Waals surface area contributed by atoms with Gasteiger partial charge in [0.2, 0.25) is 0 Å². The lowest BCUT2D eigenvalue weighted by Gasteiger charge is -1.79. The Balaban J connectivity index is -0.000000187. The maximum Gasteiger partial charge on any atom is 0.303 e. The summed E-state index contributed by atoms with van der Waals surface area (Å²) < 4.78 is 0. The Morgan fingerprint density at radius 1 is 0.611 bits per heavy atom. The molecular weight excluding hydrogens is 240 g/mol. The fraction of sp³-hybridized carbons (Fsp3) is 0.750. The van der Waals surface area contributed by atoms with E-state index in [0.717, 1.165) is 19.3 Å². The van der Waals surface area contributed by atoms with Crippen LogP contribution in [-0.4, -0.2) is 33.2 Å². The minimum absolute atomic E-state index is 0.292. The van der Waals surface area contributed by atoms with E-state index in [9.17, 15) is 14.4 Å². The van der Waals surface area contributed by atoms with Crippen molar-refractivity contribution in [2.45, 2.75) is 59.3 Å². The van der Waals surface area contributed by atoms with Crippen LogP contribution in [0.15, 0.2) is 0 Å². The first-order valence-electron chi connectivity index (χ1n) is 5.97. The lowest BCUT2D eigenvalue weighted by Crippen LogP contribution is -1.90. The van der Waals surface area contributed by atoms with Crippen molar-refractivity contribution in [3.05, 3.63) is 0 Å². The zero-order valence-corrected chi connectivity index (χ0v) is 11.3. The highest BCUT2D eigenvalue weighted by atomic mass is 16.4. The maximum absolute atomic E-state index is 9.60. The van der Waals surface area contributed by atoms with Crippen LogP contribution in [-0.2, 0) is 14.4 Å². The fourth-order valence-corrected chi connectivity index (χ4v) is 0.642. The summed E-state index contributed by atoms with van der Waals surface area (Å²) in [7, 11) is 0. The van der Waals surface area contributed by atoms with E-state index in [-0.39, 0.29) is 0 Å². The molecule has 0 fully saturated rings. The van der Waals surface area contributed by atoms with Gasteiger partial charge in [-0.25, -0.2) is 0 Å². The molecule has 0 aliphatic rings. The van der Waals surface area contributed by atoms with Crippen LogP contribution in [0.5, 0.6) is 0 Å². The smallest absolute Gasteiger partial charge is 0.303 e. The molecule has 0 aliphatic heterocycles. The molecule has 0 spiro atoms. The van der Waals surface area contributed by atoms with E-state index in [0.29, 0.717) is 19.3 Å². The Kier molecular flexibility index (Phi) is 21.4. The van der Waals surface area contributed by atoms with Gasteiger partial charge in [0.15, 0.2) is 0 Å². The number of rotatable bonds is 6. The molecule has 0 rings (SSSR count). The van der Waals surface area contributed by atoms with E-state index in [4.69, 9.17) is 15.3 Å². The van der Waals surface area contributed by atoms with Crippen LogP contribution in [0.1, 0.15) is 59.3 Å². The zero-order chi connectivity index (χ0) is 15.0. The first-order chi connectivity index (χ1) is 8.31. The molecule has 18 heavy (non-hydrogen) atoms. The van der Waals surface area contributed by atoms with Gasteiger partial charge in [0.05, 0.1) is 0 Å². The molecule has 0 radical (unpaired) electrons. The average molecular weight is 264 g/mol. The first kappa shape index (κ1) is 21.7. The van der Waals surface area contributed by atoms with E-state index in [1.165, 1.54) is 0 Å². The summed E-state index contributed by atoms with van der Waals surface area (Å²) in [5, 5.41) is 23.7. The van der Waals surface area contributed by atoms with Crippen molar-refractivity contribution in [1.82, 2.24) is 0 Å². The summed E-state index contributed by atoms with van der Waals surface area (Å²) >= 11 is 0. The quantitative estimate of drug-likeness (QED) is 0.679. The lowest BCUT2D eigenvalue weighted by molar-refractivity contribution is -0.138. The Morgan fingerprint density at radius 2 is 0.778 bits per heavy atom. The molecule has 0 aromatic rings. The highest BCUT2D eigenvalue weighted by Crippen LogP contribution is 1.83. The Hall–Kier alpha value is -1.59. The van der Waals surface area contributed by atoms with Gasteiger partial charge in [0.25, 0.3) is 0 Å². The minimum Gasteiger partial charge on any atom is -0.481 e. The average Bonchev–Trinajstić information content (AvgIpc) is 2.18. The molecule has 0 aliphatic carbocycles. The Bertz CT molecular complexity index is 187. The van der Waals surface area contributed by atoms with Gasteiger partial charge in [-0.1, -0.05) is 20.8 Å². The van der Waals surface area contributed by atoms with Crippen molar-refractivity contribution in [3.63, 3.8) is 0 Å². The van der Waals surface area contributed by atoms with Gasteiger partial charge in [-0.05, 0) is 19.3 Å². The molecule has 0 saturated heterocycles. The van der Waals surface area contributed by atoms with Gasteiger partial charge in [-0.2, -0.15) is 0 Å². The van der Waals surface area contributed by atoms with E-state index >= 15 is 0 Å². The molecule has 3 N–H and O–H groups in total. The zero-order valence-electron chi connectivity index (χ0n) is 11.3. The van der Waals surface area contributed by atoms with E-state index in [2.05, 4.69) is 0 Å². The second kappa shape index (κ2) is 17.8. The summed E-state index contributed by atoms with van der Waals surface area (Å²) in [5.41, 5.74) is 0. The summed E-state index contributed by atoms with van der Waals surface area (Å²) in [5.74, 6) is -2.13. The Labute approximate surface area is 108 Å². The van der Waals surface area contributed by atoms with Crippen molar-refractivity contribution >= 4 is 17.9 Å². The molecular formula is C12H24O6. The van der Waals surface area contributed by atoms with Crippen LogP contribution in [0.25, 0.3) is 0 Å². The van der Waals surface area contributed by atoms with Gasteiger partial charge in [-0.3, -0.25) is 14.4 Å². The minimum atomic E-state index is -0.711. The van der Waals surface area contributed by atoms with Crippen molar-refractivity contribution in [1.29, 1.82) is 0 Å². The van der Waals surface area contributed by atoms with Gasteiger partial charge in [0, 0.05) is 19.3 Å². The summed E-state index contributed by atoms with van der Waals surface area (Å²) in [6.07, 6.45) is 3.07. The number of carboxylic acids is 3. The van der Waals surface area contributed by atoms with E-state index < -0.39 is 17.9 Å². The molecule has 0 aromatic heterocycles. The summed E-state index contributed by atoms with van der Waals surface area (Å²) in [6, 6.07) is 0. The van der Waals surface area contributed by atoms with E-state index in [1.807, 2.05) is 20.8 Å². The number of hydrogen-bond donors (Lipinski definition) is 3. The van der Waals surface area contributed by atoms with Crippen LogP contribution in [0.3, 0.4) is 0 Å². The van der Waals surface area contributed by atoms with Gasteiger partial charge < -0.3 is 15.3 Å². The van der Waals surface area contributed by atoms with Crippen molar-refractivity contribution in [2.75, 3.05) is 0 Å². The standard InChI is InChI=1S/3C4H8O2/c3*1-2-3-4(5)6/h3*2-3H2,1H3,(H,5,6). The molecule has 108 valence electrons. The predicted molar refractivity (Wildman–Crippen MR) is 67.6 cm³/mol. The normalized spacial score (nSPS) is 8.17. The van der Waals surface area contributed by atoms with Crippen molar-refractivity contribution < 1.29 is 29.7 Å². The van der Waals surface area contributed by atoms with Crippen LogP contribution >= 0.6 is 0 Å². The van der Waals surface area contributed by atoms with Gasteiger partial charge in [-0.15, -0.1) is 0 Å². The molecule has 6 heteroatoms. The van der Waals surface area contributed by atoms with Crippen LogP contribution in [0.4, 0.5) is 0 Å². The molecule has 0 bridgehead atoms. The highest BCUT2D eigenvalue weighted by molar-refractivity contribution is 5.67. The summed E-state index contributed by atoms with van der Waals surface area (Å²) in [4.78, 5) is 28.8. The largest absolute Gasteiger partial charge is 0.481 e. The predicted octanol–water partition coefficient (Wildman–Crippen LogP) is 2.61. The third-order valence-electron chi connectivity index (χ3n) is 1.39. The number of carboxylic acid groups (broad SMARTS) is 3. The number of carbonyl (C=O) groups is 3. The van der Waals surface area contributed by atoms with Gasteiger partial charge in [0.1, 0.15) is 0 Å². The van der Waals surface area contributed by atoms with Crippen LogP contribution < -0.4 is 0 Å². The Morgan fingerprint density at radius 3 is 0.778 bits per heavy atom. The molecule has 0 atom stereocenters. The van der Waals surface area contributed by atoms with E-state index in [1.54, 1.807) is 0 Å². The number of aliphatic carboxylic acids is 3. The third kappa shape index (κ3) is 47.2.